The van der Waals surface area contributed by atoms with Crippen molar-refractivity contribution in [3.8, 4) is 0 Å². The highest BCUT2D eigenvalue weighted by molar-refractivity contribution is 5.43. The van der Waals surface area contributed by atoms with Crippen LogP contribution in [0.3, 0.4) is 0 Å². The third-order valence-electron chi connectivity index (χ3n) is 2.87. The fraction of sp³-hybridized carbons (Fsp3) is 0.786. The second kappa shape index (κ2) is 8.55. The van der Waals surface area contributed by atoms with E-state index in [1.807, 2.05) is 0 Å². The first-order valence-corrected chi connectivity index (χ1v) is 7.59. The van der Waals surface area contributed by atoms with E-state index in [-0.39, 0.29) is 0 Å². The van der Waals surface area contributed by atoms with Gasteiger partial charge in [-0.2, -0.15) is 15.0 Å². The van der Waals surface area contributed by atoms with Gasteiger partial charge in [0.15, 0.2) is 0 Å². The number of hydrogen-bond acceptors (Lipinski definition) is 6. The Morgan fingerprint density at radius 2 is 1.55 bits per heavy atom. The van der Waals surface area contributed by atoms with Crippen molar-refractivity contribution in [3.05, 3.63) is 0 Å². The van der Waals surface area contributed by atoms with Gasteiger partial charge in [-0.1, -0.05) is 20.8 Å². The van der Waals surface area contributed by atoms with E-state index < -0.39 is 0 Å². The van der Waals surface area contributed by atoms with Crippen LogP contribution < -0.4 is 15.5 Å². The summed E-state index contributed by atoms with van der Waals surface area (Å²) in [4.78, 5) is 15.5. The molecule has 0 radical (unpaired) electrons. The molecular formula is C14H28N6. The maximum Gasteiger partial charge on any atom is 0.231 e. The molecule has 1 aromatic rings. The van der Waals surface area contributed by atoms with Crippen molar-refractivity contribution in [1.29, 1.82) is 0 Å². The highest BCUT2D eigenvalue weighted by Crippen LogP contribution is 2.13. The number of aromatic nitrogens is 3. The average molecular weight is 280 g/mol. The molecule has 6 heteroatoms. The minimum Gasteiger partial charge on any atom is -0.354 e. The van der Waals surface area contributed by atoms with Crippen LogP contribution >= 0.6 is 0 Å². The van der Waals surface area contributed by atoms with E-state index in [2.05, 4.69) is 65.1 Å². The molecule has 0 saturated carbocycles. The SMILES string of the molecule is CCCNc1nc(NCC(C)C)nc(N(CC)CC)n1. The standard InChI is InChI=1S/C14H28N6/c1-6-9-15-12-17-13(16-10-11(4)5)19-14(18-12)20(7-2)8-3/h11H,6-10H2,1-5H3,(H2,15,16,17,18,19). The zero-order valence-corrected chi connectivity index (χ0v) is 13.4. The topological polar surface area (TPSA) is 66.0 Å². The summed E-state index contributed by atoms with van der Waals surface area (Å²) in [5.41, 5.74) is 0. The lowest BCUT2D eigenvalue weighted by molar-refractivity contribution is 0.683. The number of rotatable bonds is 9. The molecule has 0 unspecified atom stereocenters. The molecule has 1 heterocycles. The lowest BCUT2D eigenvalue weighted by Crippen LogP contribution is -2.26. The van der Waals surface area contributed by atoms with Crippen LogP contribution in [0.5, 0.6) is 0 Å². The lowest BCUT2D eigenvalue weighted by atomic mass is 10.2. The van der Waals surface area contributed by atoms with Gasteiger partial charge in [0.2, 0.25) is 17.8 Å². The maximum absolute atomic E-state index is 4.51. The van der Waals surface area contributed by atoms with Gasteiger partial charge in [-0.3, -0.25) is 0 Å². The normalized spacial score (nSPS) is 10.7. The Bertz CT molecular complexity index is 389. The quantitative estimate of drug-likeness (QED) is 0.725. The summed E-state index contributed by atoms with van der Waals surface area (Å²) in [5.74, 6) is 2.58. The van der Waals surface area contributed by atoms with Crippen LogP contribution in [0.25, 0.3) is 0 Å². The van der Waals surface area contributed by atoms with Gasteiger partial charge in [-0.15, -0.1) is 0 Å². The van der Waals surface area contributed by atoms with E-state index in [1.165, 1.54) is 0 Å². The zero-order chi connectivity index (χ0) is 15.0. The fourth-order valence-electron chi connectivity index (χ4n) is 1.70. The highest BCUT2D eigenvalue weighted by atomic mass is 15.3. The molecule has 0 amide bonds. The molecule has 0 aromatic carbocycles. The van der Waals surface area contributed by atoms with Crippen LogP contribution in [0, 0.1) is 5.92 Å². The Labute approximate surface area is 122 Å². The van der Waals surface area contributed by atoms with Crippen LogP contribution in [0.1, 0.15) is 41.0 Å². The molecule has 0 spiro atoms. The molecule has 2 N–H and O–H groups in total. The third kappa shape index (κ3) is 5.19. The third-order valence-corrected chi connectivity index (χ3v) is 2.87. The molecular weight excluding hydrogens is 252 g/mol. The smallest absolute Gasteiger partial charge is 0.231 e. The van der Waals surface area contributed by atoms with E-state index >= 15 is 0 Å². The van der Waals surface area contributed by atoms with Crippen LogP contribution in [0.4, 0.5) is 17.8 Å². The largest absolute Gasteiger partial charge is 0.354 e. The predicted molar refractivity (Wildman–Crippen MR) is 85.5 cm³/mol. The first kappa shape index (κ1) is 16.5. The van der Waals surface area contributed by atoms with Crippen molar-refractivity contribution in [1.82, 2.24) is 15.0 Å². The van der Waals surface area contributed by atoms with Crippen molar-refractivity contribution in [3.63, 3.8) is 0 Å². The van der Waals surface area contributed by atoms with E-state index in [9.17, 15) is 0 Å². The lowest BCUT2D eigenvalue weighted by Gasteiger charge is -2.20. The summed E-state index contributed by atoms with van der Waals surface area (Å²) in [6.07, 6.45) is 1.04. The Morgan fingerprint density at radius 3 is 2.05 bits per heavy atom. The van der Waals surface area contributed by atoms with Crippen LogP contribution in [0.2, 0.25) is 0 Å². The first-order chi connectivity index (χ1) is 9.60. The molecule has 0 saturated heterocycles. The molecule has 0 aliphatic rings. The molecule has 0 atom stereocenters. The first-order valence-electron chi connectivity index (χ1n) is 7.59. The molecule has 0 fully saturated rings. The van der Waals surface area contributed by atoms with Gasteiger partial charge in [0.25, 0.3) is 0 Å². The summed E-state index contributed by atoms with van der Waals surface area (Å²) in [6, 6.07) is 0. The van der Waals surface area contributed by atoms with Crippen molar-refractivity contribution in [2.75, 3.05) is 41.7 Å². The van der Waals surface area contributed by atoms with Crippen LogP contribution in [-0.4, -0.2) is 41.1 Å². The fourth-order valence-corrected chi connectivity index (χ4v) is 1.70. The summed E-state index contributed by atoms with van der Waals surface area (Å²) in [6.45, 7) is 14.2. The summed E-state index contributed by atoms with van der Waals surface area (Å²) < 4.78 is 0. The van der Waals surface area contributed by atoms with E-state index in [1.54, 1.807) is 0 Å². The Kier molecular flexibility index (Phi) is 7.04. The van der Waals surface area contributed by atoms with E-state index in [4.69, 9.17) is 0 Å². The van der Waals surface area contributed by atoms with Gasteiger partial charge in [0, 0.05) is 26.2 Å². The number of anilines is 3. The Balaban J connectivity index is 2.93. The second-order valence-electron chi connectivity index (χ2n) is 5.16. The Morgan fingerprint density at radius 1 is 0.950 bits per heavy atom. The molecule has 114 valence electrons. The zero-order valence-electron chi connectivity index (χ0n) is 13.4. The van der Waals surface area contributed by atoms with Crippen molar-refractivity contribution in [2.45, 2.75) is 41.0 Å². The van der Waals surface area contributed by atoms with Crippen molar-refractivity contribution >= 4 is 17.8 Å². The van der Waals surface area contributed by atoms with Crippen LogP contribution in [-0.2, 0) is 0 Å². The molecule has 1 aromatic heterocycles. The van der Waals surface area contributed by atoms with Gasteiger partial charge < -0.3 is 15.5 Å². The van der Waals surface area contributed by atoms with Crippen molar-refractivity contribution in [2.24, 2.45) is 5.92 Å². The molecule has 0 bridgehead atoms. The van der Waals surface area contributed by atoms with Crippen LogP contribution in [0.15, 0.2) is 0 Å². The maximum atomic E-state index is 4.51. The molecule has 0 aliphatic heterocycles. The molecule has 6 nitrogen and oxygen atoms in total. The average Bonchev–Trinajstić information content (AvgIpc) is 2.44. The van der Waals surface area contributed by atoms with Gasteiger partial charge in [0.1, 0.15) is 0 Å². The monoisotopic (exact) mass is 280 g/mol. The predicted octanol–water partition coefficient (Wildman–Crippen LogP) is 2.61. The van der Waals surface area contributed by atoms with E-state index in [0.717, 1.165) is 38.5 Å². The molecule has 20 heavy (non-hydrogen) atoms. The van der Waals surface area contributed by atoms with Gasteiger partial charge in [0.05, 0.1) is 0 Å². The van der Waals surface area contributed by atoms with Gasteiger partial charge >= 0.3 is 0 Å². The van der Waals surface area contributed by atoms with Gasteiger partial charge in [-0.25, -0.2) is 0 Å². The summed E-state index contributed by atoms with van der Waals surface area (Å²) in [5, 5.41) is 6.51. The summed E-state index contributed by atoms with van der Waals surface area (Å²) >= 11 is 0. The number of nitrogens with one attached hydrogen (secondary N) is 2. The van der Waals surface area contributed by atoms with Gasteiger partial charge in [-0.05, 0) is 26.2 Å². The molecule has 0 aliphatic carbocycles. The van der Waals surface area contributed by atoms with Crippen molar-refractivity contribution < 1.29 is 0 Å². The minimum atomic E-state index is 0.552. The minimum absolute atomic E-state index is 0.552. The number of hydrogen-bond donors (Lipinski definition) is 2. The number of nitrogens with zero attached hydrogens (tertiary/aromatic N) is 4. The summed E-state index contributed by atoms with van der Waals surface area (Å²) in [7, 11) is 0. The highest BCUT2D eigenvalue weighted by Gasteiger charge is 2.11. The van der Waals surface area contributed by atoms with E-state index in [0.29, 0.717) is 17.8 Å². The second-order valence-corrected chi connectivity index (χ2v) is 5.16. The Hall–Kier alpha value is -1.59. The molecule has 1 rings (SSSR count).